The average molecular weight is 336 g/mol. The summed E-state index contributed by atoms with van der Waals surface area (Å²) in [6.07, 6.45) is 2.13. The Morgan fingerprint density at radius 3 is 2.65 bits per heavy atom. The number of carbonyl (C=O) groups excluding carboxylic acids is 2. The number of nitrogens with zero attached hydrogens (tertiary/aromatic N) is 2. The van der Waals surface area contributed by atoms with Crippen molar-refractivity contribution in [2.24, 2.45) is 17.8 Å². The van der Waals surface area contributed by atoms with Gasteiger partial charge in [0.1, 0.15) is 0 Å². The molecule has 0 bridgehead atoms. The second-order valence-corrected chi connectivity index (χ2v) is 7.33. The number of hydrogen-bond donors (Lipinski definition) is 1. The van der Waals surface area contributed by atoms with Gasteiger partial charge in [-0.15, -0.1) is 11.3 Å². The van der Waals surface area contributed by atoms with Crippen LogP contribution in [0.1, 0.15) is 22.5 Å². The van der Waals surface area contributed by atoms with Gasteiger partial charge in [0.25, 0.3) is 5.91 Å². The third-order valence-electron chi connectivity index (χ3n) is 4.71. The highest BCUT2D eigenvalue weighted by Crippen LogP contribution is 2.44. The fraction of sp³-hybridized carbons (Fsp3) is 0.562. The quantitative estimate of drug-likeness (QED) is 0.881. The van der Waals surface area contributed by atoms with E-state index in [2.05, 4.69) is 0 Å². The van der Waals surface area contributed by atoms with Gasteiger partial charge >= 0.3 is 5.97 Å². The van der Waals surface area contributed by atoms with Crippen LogP contribution in [-0.2, 0) is 9.59 Å². The molecule has 6 nitrogen and oxygen atoms in total. The average Bonchev–Trinajstić information content (AvgIpc) is 3.05. The van der Waals surface area contributed by atoms with Crippen molar-refractivity contribution in [2.75, 3.05) is 26.7 Å². The molecule has 1 saturated carbocycles. The first-order valence-corrected chi connectivity index (χ1v) is 8.65. The summed E-state index contributed by atoms with van der Waals surface area (Å²) in [6.45, 7) is 0.748. The molecule has 0 spiro atoms. The molecule has 1 aromatic rings. The Morgan fingerprint density at radius 2 is 2.09 bits per heavy atom. The molecule has 23 heavy (non-hydrogen) atoms. The second kappa shape index (κ2) is 6.31. The summed E-state index contributed by atoms with van der Waals surface area (Å²) in [4.78, 5) is 39.6. The minimum Gasteiger partial charge on any atom is -0.481 e. The number of rotatable bonds is 5. The highest BCUT2D eigenvalue weighted by atomic mass is 32.1. The van der Waals surface area contributed by atoms with E-state index in [0.29, 0.717) is 17.3 Å². The summed E-state index contributed by atoms with van der Waals surface area (Å²) in [5.74, 6) is -1.13. The Kier molecular flexibility index (Phi) is 4.39. The molecule has 7 heteroatoms. The Labute approximate surface area is 138 Å². The number of likely N-dealkylation sites (tertiary alicyclic amines) is 1. The van der Waals surface area contributed by atoms with Crippen LogP contribution in [-0.4, -0.2) is 59.4 Å². The molecule has 2 heterocycles. The Morgan fingerprint density at radius 1 is 1.35 bits per heavy atom. The maximum Gasteiger partial charge on any atom is 0.308 e. The predicted octanol–water partition coefficient (Wildman–Crippen LogP) is 1.39. The molecule has 1 aliphatic carbocycles. The van der Waals surface area contributed by atoms with Gasteiger partial charge in [-0.3, -0.25) is 14.4 Å². The number of carboxylic acids is 1. The lowest BCUT2D eigenvalue weighted by molar-refractivity contribution is -0.142. The molecule has 2 fully saturated rings. The first kappa shape index (κ1) is 16.0. The Hall–Kier alpha value is -1.89. The minimum atomic E-state index is -0.819. The van der Waals surface area contributed by atoms with Gasteiger partial charge in [0.05, 0.1) is 17.3 Å². The number of amides is 2. The van der Waals surface area contributed by atoms with Gasteiger partial charge in [0, 0.05) is 20.1 Å². The topological polar surface area (TPSA) is 77.9 Å². The van der Waals surface area contributed by atoms with E-state index in [1.165, 1.54) is 16.2 Å². The summed E-state index contributed by atoms with van der Waals surface area (Å²) in [5, 5.41) is 11.2. The third kappa shape index (κ3) is 3.39. The van der Waals surface area contributed by atoms with Crippen LogP contribution in [0.25, 0.3) is 0 Å². The van der Waals surface area contributed by atoms with Crippen molar-refractivity contribution in [1.82, 2.24) is 9.80 Å². The maximum atomic E-state index is 12.4. The van der Waals surface area contributed by atoms with Crippen LogP contribution in [0.5, 0.6) is 0 Å². The van der Waals surface area contributed by atoms with Crippen molar-refractivity contribution < 1.29 is 19.5 Å². The molecule has 0 unspecified atom stereocenters. The molecule has 1 N–H and O–H groups in total. The largest absolute Gasteiger partial charge is 0.481 e. The molecule has 0 aromatic carbocycles. The van der Waals surface area contributed by atoms with Crippen LogP contribution in [0.2, 0.25) is 0 Å². The highest BCUT2D eigenvalue weighted by molar-refractivity contribution is 7.12. The lowest BCUT2D eigenvalue weighted by Crippen LogP contribution is -2.40. The summed E-state index contributed by atoms with van der Waals surface area (Å²) in [6, 6.07) is 3.53. The van der Waals surface area contributed by atoms with Gasteiger partial charge in [0.2, 0.25) is 5.91 Å². The monoisotopic (exact) mass is 336 g/mol. The van der Waals surface area contributed by atoms with Gasteiger partial charge < -0.3 is 14.9 Å². The first-order chi connectivity index (χ1) is 11.0. The van der Waals surface area contributed by atoms with Gasteiger partial charge in [-0.1, -0.05) is 6.07 Å². The SMILES string of the molecule is CN(CC(=O)N1C[C@H](C(=O)O)[C@@H](C2CC2)C1)C(=O)c1cccs1. The van der Waals surface area contributed by atoms with Crippen LogP contribution < -0.4 is 0 Å². The van der Waals surface area contributed by atoms with E-state index in [1.807, 2.05) is 5.38 Å². The van der Waals surface area contributed by atoms with Crippen molar-refractivity contribution in [2.45, 2.75) is 12.8 Å². The third-order valence-corrected chi connectivity index (χ3v) is 5.57. The molecule has 124 valence electrons. The molecule has 1 aromatic heterocycles. The molecule has 2 aliphatic rings. The number of thiophene rings is 1. The molecule has 1 aliphatic heterocycles. The first-order valence-electron chi connectivity index (χ1n) is 7.77. The summed E-state index contributed by atoms with van der Waals surface area (Å²) in [7, 11) is 1.60. The van der Waals surface area contributed by atoms with Gasteiger partial charge in [-0.2, -0.15) is 0 Å². The van der Waals surface area contributed by atoms with Gasteiger partial charge in [-0.25, -0.2) is 0 Å². The van der Waals surface area contributed by atoms with E-state index in [9.17, 15) is 19.5 Å². The van der Waals surface area contributed by atoms with Crippen molar-refractivity contribution in [3.63, 3.8) is 0 Å². The molecule has 3 rings (SSSR count). The van der Waals surface area contributed by atoms with Crippen molar-refractivity contribution in [3.05, 3.63) is 22.4 Å². The van der Waals surface area contributed by atoms with E-state index < -0.39 is 11.9 Å². The second-order valence-electron chi connectivity index (χ2n) is 6.38. The van der Waals surface area contributed by atoms with Crippen LogP contribution in [0.3, 0.4) is 0 Å². The molecular weight excluding hydrogens is 316 g/mol. The lowest BCUT2D eigenvalue weighted by atomic mass is 9.92. The standard InChI is InChI=1S/C16H20N2O4S/c1-17(15(20)13-3-2-6-23-13)9-14(19)18-7-11(10-4-5-10)12(8-18)16(21)22/h2-3,6,10-12H,4-5,7-9H2,1H3,(H,21,22)/t11-,12+/m1/s1. The molecular formula is C16H20N2O4S. The van der Waals surface area contributed by atoms with Crippen LogP contribution in [0.4, 0.5) is 0 Å². The fourth-order valence-corrected chi connectivity index (χ4v) is 3.98. The fourth-order valence-electron chi connectivity index (χ4n) is 3.26. The Balaban J connectivity index is 1.60. The Bertz CT molecular complexity index is 612. The molecule has 2 amide bonds. The van der Waals surface area contributed by atoms with Crippen LogP contribution in [0.15, 0.2) is 17.5 Å². The number of carboxylic acid groups (broad SMARTS) is 1. The predicted molar refractivity (Wildman–Crippen MR) is 85.2 cm³/mol. The molecule has 0 radical (unpaired) electrons. The summed E-state index contributed by atoms with van der Waals surface area (Å²) >= 11 is 1.34. The van der Waals surface area contributed by atoms with Crippen LogP contribution >= 0.6 is 11.3 Å². The van der Waals surface area contributed by atoms with E-state index in [1.54, 1.807) is 24.1 Å². The van der Waals surface area contributed by atoms with Crippen LogP contribution in [0, 0.1) is 17.8 Å². The van der Waals surface area contributed by atoms with E-state index in [0.717, 1.165) is 12.8 Å². The normalized spacial score (nSPS) is 23.8. The number of carbonyl (C=O) groups is 3. The summed E-state index contributed by atoms with van der Waals surface area (Å²) < 4.78 is 0. The zero-order chi connectivity index (χ0) is 16.6. The molecule has 2 atom stereocenters. The zero-order valence-corrected chi connectivity index (χ0v) is 13.8. The maximum absolute atomic E-state index is 12.4. The van der Waals surface area contributed by atoms with Crippen molar-refractivity contribution in [1.29, 1.82) is 0 Å². The van der Waals surface area contributed by atoms with E-state index >= 15 is 0 Å². The summed E-state index contributed by atoms with van der Waals surface area (Å²) in [5.41, 5.74) is 0. The minimum absolute atomic E-state index is 0.0134. The van der Waals surface area contributed by atoms with E-state index in [-0.39, 0.29) is 30.8 Å². The number of hydrogen-bond acceptors (Lipinski definition) is 4. The highest BCUT2D eigenvalue weighted by Gasteiger charge is 2.46. The van der Waals surface area contributed by atoms with Gasteiger partial charge in [-0.05, 0) is 36.1 Å². The van der Waals surface area contributed by atoms with Gasteiger partial charge in [0.15, 0.2) is 0 Å². The lowest BCUT2D eigenvalue weighted by Gasteiger charge is -2.21. The van der Waals surface area contributed by atoms with E-state index in [4.69, 9.17) is 0 Å². The number of likely N-dealkylation sites (N-methyl/N-ethyl adjacent to an activating group) is 1. The zero-order valence-electron chi connectivity index (χ0n) is 13.0. The molecule has 1 saturated heterocycles. The van der Waals surface area contributed by atoms with Crippen molar-refractivity contribution in [3.8, 4) is 0 Å². The van der Waals surface area contributed by atoms with Crippen molar-refractivity contribution >= 4 is 29.1 Å². The smallest absolute Gasteiger partial charge is 0.308 e. The number of aliphatic carboxylic acids is 1.